The van der Waals surface area contributed by atoms with E-state index in [1.54, 1.807) is 13.8 Å². The van der Waals surface area contributed by atoms with E-state index < -0.39 is 21.7 Å². The van der Waals surface area contributed by atoms with Gasteiger partial charge in [-0.25, -0.2) is 12.8 Å². The first-order valence-corrected chi connectivity index (χ1v) is 9.29. The van der Waals surface area contributed by atoms with Crippen molar-refractivity contribution in [2.24, 2.45) is 0 Å². The summed E-state index contributed by atoms with van der Waals surface area (Å²) < 4.78 is 39.3. The summed E-state index contributed by atoms with van der Waals surface area (Å²) in [6.45, 7) is 3.51. The minimum absolute atomic E-state index is 0.0153. The number of sulfonamides is 1. The smallest absolute Gasteiger partial charge is 0.255 e. The Kier molecular flexibility index (Phi) is 5.82. The molecule has 0 bridgehead atoms. The summed E-state index contributed by atoms with van der Waals surface area (Å²) in [6, 6.07) is 9.05. The van der Waals surface area contributed by atoms with Crippen molar-refractivity contribution in [3.05, 3.63) is 58.9 Å². The molecule has 2 rings (SSSR count). The lowest BCUT2D eigenvalue weighted by atomic mass is 10.2. The highest BCUT2D eigenvalue weighted by atomic mass is 35.5. The molecule has 1 N–H and O–H groups in total. The van der Waals surface area contributed by atoms with Crippen LogP contribution in [0.25, 0.3) is 0 Å². The standard InChI is InChI=1S/C17H18ClFN2O3S/c1-11(2)21(3)25(23,24)14-6-4-5-12(9-14)17(22)20-16-8-7-13(19)10-15(16)18/h4-11H,1-3H3,(H,20,22). The third kappa shape index (κ3) is 4.36. The summed E-state index contributed by atoms with van der Waals surface area (Å²) in [5, 5.41) is 2.59. The summed E-state index contributed by atoms with van der Waals surface area (Å²) in [5.74, 6) is -1.06. The van der Waals surface area contributed by atoms with Crippen LogP contribution in [-0.4, -0.2) is 31.7 Å². The van der Waals surface area contributed by atoms with Gasteiger partial charge in [-0.3, -0.25) is 4.79 Å². The maximum Gasteiger partial charge on any atom is 0.255 e. The van der Waals surface area contributed by atoms with E-state index in [0.717, 1.165) is 6.07 Å². The average Bonchev–Trinajstić information content (AvgIpc) is 2.56. The van der Waals surface area contributed by atoms with Crippen LogP contribution in [0.4, 0.5) is 10.1 Å². The molecule has 0 aliphatic rings. The van der Waals surface area contributed by atoms with E-state index >= 15 is 0 Å². The van der Waals surface area contributed by atoms with Crippen molar-refractivity contribution in [1.29, 1.82) is 0 Å². The molecule has 1 amide bonds. The van der Waals surface area contributed by atoms with Crippen LogP contribution in [0.15, 0.2) is 47.4 Å². The Hall–Kier alpha value is -1.96. The number of rotatable bonds is 5. The largest absolute Gasteiger partial charge is 0.321 e. The maximum atomic E-state index is 13.1. The van der Waals surface area contributed by atoms with Crippen molar-refractivity contribution in [1.82, 2.24) is 4.31 Å². The number of nitrogens with one attached hydrogen (secondary N) is 1. The molecular formula is C17H18ClFN2O3S. The average molecular weight is 385 g/mol. The molecule has 0 spiro atoms. The number of benzene rings is 2. The lowest BCUT2D eigenvalue weighted by molar-refractivity contribution is 0.102. The van der Waals surface area contributed by atoms with Crippen LogP contribution in [0.1, 0.15) is 24.2 Å². The van der Waals surface area contributed by atoms with Gasteiger partial charge in [0, 0.05) is 18.7 Å². The normalized spacial score (nSPS) is 11.8. The van der Waals surface area contributed by atoms with Crippen molar-refractivity contribution in [3.63, 3.8) is 0 Å². The van der Waals surface area contributed by atoms with Crippen molar-refractivity contribution in [2.45, 2.75) is 24.8 Å². The molecule has 0 aliphatic heterocycles. The summed E-state index contributed by atoms with van der Waals surface area (Å²) >= 11 is 5.88. The Bertz CT molecular complexity index is 901. The minimum Gasteiger partial charge on any atom is -0.321 e. The summed E-state index contributed by atoms with van der Waals surface area (Å²) in [7, 11) is -2.23. The van der Waals surface area contributed by atoms with E-state index in [1.807, 2.05) is 0 Å². The van der Waals surface area contributed by atoms with Crippen LogP contribution in [-0.2, 0) is 10.0 Å². The van der Waals surface area contributed by atoms with Crippen molar-refractivity contribution in [2.75, 3.05) is 12.4 Å². The number of anilines is 1. The van der Waals surface area contributed by atoms with E-state index in [-0.39, 0.29) is 27.2 Å². The molecule has 134 valence electrons. The first-order chi connectivity index (χ1) is 11.6. The third-order valence-corrected chi connectivity index (χ3v) is 6.02. The van der Waals surface area contributed by atoms with E-state index in [0.29, 0.717) is 0 Å². The highest BCUT2D eigenvalue weighted by Crippen LogP contribution is 2.24. The molecule has 0 fully saturated rings. The van der Waals surface area contributed by atoms with Gasteiger partial charge in [0.15, 0.2) is 0 Å². The van der Waals surface area contributed by atoms with Gasteiger partial charge in [0.05, 0.1) is 15.6 Å². The molecule has 0 radical (unpaired) electrons. The molecule has 0 heterocycles. The molecule has 2 aromatic carbocycles. The zero-order valence-electron chi connectivity index (χ0n) is 14.0. The Morgan fingerprint density at radius 3 is 2.48 bits per heavy atom. The van der Waals surface area contributed by atoms with Crippen LogP contribution in [0.2, 0.25) is 5.02 Å². The van der Waals surface area contributed by atoms with Gasteiger partial charge >= 0.3 is 0 Å². The molecule has 0 saturated heterocycles. The molecular weight excluding hydrogens is 367 g/mol. The van der Waals surface area contributed by atoms with E-state index in [1.165, 1.54) is 47.8 Å². The van der Waals surface area contributed by atoms with Gasteiger partial charge in [-0.2, -0.15) is 4.31 Å². The van der Waals surface area contributed by atoms with Crippen LogP contribution < -0.4 is 5.32 Å². The van der Waals surface area contributed by atoms with Crippen LogP contribution in [0, 0.1) is 5.82 Å². The number of amides is 1. The summed E-state index contributed by atoms with van der Waals surface area (Å²) in [5.41, 5.74) is 0.388. The number of carbonyl (C=O) groups is 1. The summed E-state index contributed by atoms with van der Waals surface area (Å²) in [6.07, 6.45) is 0. The highest BCUT2D eigenvalue weighted by molar-refractivity contribution is 7.89. The van der Waals surface area contributed by atoms with Crippen molar-refractivity contribution >= 4 is 33.2 Å². The molecule has 25 heavy (non-hydrogen) atoms. The fraction of sp³-hybridized carbons (Fsp3) is 0.235. The van der Waals surface area contributed by atoms with Crippen LogP contribution in [0.5, 0.6) is 0 Å². The SMILES string of the molecule is CC(C)N(C)S(=O)(=O)c1cccc(C(=O)Nc2ccc(F)cc2Cl)c1. The lowest BCUT2D eigenvalue weighted by Gasteiger charge is -2.21. The number of nitrogens with zero attached hydrogens (tertiary/aromatic N) is 1. The van der Waals surface area contributed by atoms with Gasteiger partial charge < -0.3 is 5.32 Å². The maximum absolute atomic E-state index is 13.1. The van der Waals surface area contributed by atoms with Gasteiger partial charge in [-0.1, -0.05) is 17.7 Å². The molecule has 0 aliphatic carbocycles. The second-order valence-corrected chi connectivity index (χ2v) is 8.13. The zero-order valence-corrected chi connectivity index (χ0v) is 15.5. The van der Waals surface area contributed by atoms with Crippen molar-refractivity contribution < 1.29 is 17.6 Å². The van der Waals surface area contributed by atoms with E-state index in [4.69, 9.17) is 11.6 Å². The number of halogens is 2. The van der Waals surface area contributed by atoms with Crippen LogP contribution >= 0.6 is 11.6 Å². The topological polar surface area (TPSA) is 66.5 Å². The number of carbonyl (C=O) groups excluding carboxylic acids is 1. The third-order valence-electron chi connectivity index (χ3n) is 3.68. The Morgan fingerprint density at radius 2 is 1.88 bits per heavy atom. The second kappa shape index (κ2) is 7.51. The molecule has 5 nitrogen and oxygen atoms in total. The molecule has 8 heteroatoms. The first-order valence-electron chi connectivity index (χ1n) is 7.47. The lowest BCUT2D eigenvalue weighted by Crippen LogP contribution is -2.33. The fourth-order valence-corrected chi connectivity index (χ4v) is 3.66. The monoisotopic (exact) mass is 384 g/mol. The second-order valence-electron chi connectivity index (χ2n) is 5.72. The molecule has 0 unspecified atom stereocenters. The molecule has 0 saturated carbocycles. The van der Waals surface area contributed by atoms with Gasteiger partial charge in [-0.05, 0) is 50.2 Å². The highest BCUT2D eigenvalue weighted by Gasteiger charge is 2.24. The van der Waals surface area contributed by atoms with Gasteiger partial charge in [0.2, 0.25) is 10.0 Å². The fourth-order valence-electron chi connectivity index (χ4n) is 2.03. The predicted molar refractivity (Wildman–Crippen MR) is 95.9 cm³/mol. The number of hydrogen-bond donors (Lipinski definition) is 1. The first kappa shape index (κ1) is 19.4. The van der Waals surface area contributed by atoms with Gasteiger partial charge in [0.1, 0.15) is 5.82 Å². The Balaban J connectivity index is 2.30. The van der Waals surface area contributed by atoms with Crippen LogP contribution in [0.3, 0.4) is 0 Å². The minimum atomic E-state index is -3.70. The Labute approximate surface area is 151 Å². The van der Waals surface area contributed by atoms with Gasteiger partial charge in [0.25, 0.3) is 5.91 Å². The zero-order chi connectivity index (χ0) is 18.8. The van der Waals surface area contributed by atoms with Crippen molar-refractivity contribution in [3.8, 4) is 0 Å². The molecule has 2 aromatic rings. The quantitative estimate of drug-likeness (QED) is 0.853. The Morgan fingerprint density at radius 1 is 1.20 bits per heavy atom. The predicted octanol–water partition coefficient (Wildman–Crippen LogP) is 3.76. The molecule has 0 atom stereocenters. The van der Waals surface area contributed by atoms with Gasteiger partial charge in [-0.15, -0.1) is 0 Å². The van der Waals surface area contributed by atoms with E-state index in [9.17, 15) is 17.6 Å². The number of hydrogen-bond acceptors (Lipinski definition) is 3. The molecule has 0 aromatic heterocycles. The van der Waals surface area contributed by atoms with E-state index in [2.05, 4.69) is 5.32 Å². The summed E-state index contributed by atoms with van der Waals surface area (Å²) in [4.78, 5) is 12.4.